The SMILES string of the molecule is COc1cc(-c2cnc3cccc(-c4cc(F)c(CN5CCS(O)(O)CC5)c(F)c4)c3n2)ccc1OCCCN1CCOCC1. The van der Waals surface area contributed by atoms with Crippen LogP contribution in [0.15, 0.2) is 54.7 Å². The quantitative estimate of drug-likeness (QED) is 0.205. The zero-order valence-electron chi connectivity index (χ0n) is 25.3. The Hall–Kier alpha value is -3.39. The lowest BCUT2D eigenvalue weighted by molar-refractivity contribution is 0.0357. The van der Waals surface area contributed by atoms with Crippen LogP contribution in [-0.2, 0) is 11.3 Å². The van der Waals surface area contributed by atoms with Crippen LogP contribution in [0.2, 0.25) is 0 Å². The molecule has 2 N–H and O–H groups in total. The Morgan fingerprint density at radius 2 is 1.67 bits per heavy atom. The van der Waals surface area contributed by atoms with E-state index in [1.54, 1.807) is 25.4 Å². The molecule has 2 aliphatic rings. The summed E-state index contributed by atoms with van der Waals surface area (Å²) in [6.07, 6.45) is 2.56. The summed E-state index contributed by atoms with van der Waals surface area (Å²) in [4.78, 5) is 13.7. The second-order valence-electron chi connectivity index (χ2n) is 11.4. The largest absolute Gasteiger partial charge is 0.493 e. The number of aromatic nitrogens is 2. The van der Waals surface area contributed by atoms with Gasteiger partial charge in [0.1, 0.15) is 11.6 Å². The molecule has 2 saturated heterocycles. The average Bonchev–Trinajstić information content (AvgIpc) is 3.05. The molecule has 6 rings (SSSR count). The van der Waals surface area contributed by atoms with Crippen LogP contribution in [0, 0.1) is 11.6 Å². The first kappa shape index (κ1) is 31.6. The third kappa shape index (κ3) is 7.54. The molecule has 0 spiro atoms. The van der Waals surface area contributed by atoms with Gasteiger partial charge in [0, 0.05) is 56.0 Å². The summed E-state index contributed by atoms with van der Waals surface area (Å²) in [6.45, 7) is 5.74. The van der Waals surface area contributed by atoms with Gasteiger partial charge in [0.2, 0.25) is 0 Å². The molecule has 3 heterocycles. The van der Waals surface area contributed by atoms with Crippen molar-refractivity contribution in [3.05, 3.63) is 71.9 Å². The number of benzene rings is 3. The second-order valence-corrected chi connectivity index (χ2v) is 13.8. The number of halogens is 2. The van der Waals surface area contributed by atoms with E-state index in [1.807, 2.05) is 29.2 Å². The molecule has 0 unspecified atom stereocenters. The molecular weight excluding hydrogens is 602 g/mol. The average molecular weight is 641 g/mol. The Kier molecular flexibility index (Phi) is 9.78. The summed E-state index contributed by atoms with van der Waals surface area (Å²) in [7, 11) is -0.998. The van der Waals surface area contributed by atoms with Crippen molar-refractivity contribution in [3.8, 4) is 33.9 Å². The minimum Gasteiger partial charge on any atom is -0.493 e. The van der Waals surface area contributed by atoms with Crippen molar-refractivity contribution in [2.75, 3.05) is 71.2 Å². The van der Waals surface area contributed by atoms with Gasteiger partial charge in [0.25, 0.3) is 0 Å². The number of ether oxygens (including phenoxy) is 3. The van der Waals surface area contributed by atoms with Crippen LogP contribution in [0.25, 0.3) is 33.4 Å². The van der Waals surface area contributed by atoms with Gasteiger partial charge in [-0.05, 0) is 48.4 Å². The zero-order valence-corrected chi connectivity index (χ0v) is 26.1. The van der Waals surface area contributed by atoms with Crippen LogP contribution >= 0.6 is 10.6 Å². The van der Waals surface area contributed by atoms with Gasteiger partial charge < -0.3 is 14.2 Å². The number of methoxy groups -OCH3 is 1. The molecule has 0 radical (unpaired) electrons. The van der Waals surface area contributed by atoms with Crippen molar-refractivity contribution in [2.45, 2.75) is 13.0 Å². The van der Waals surface area contributed by atoms with E-state index in [-0.39, 0.29) is 23.6 Å². The van der Waals surface area contributed by atoms with E-state index < -0.39 is 22.2 Å². The van der Waals surface area contributed by atoms with Crippen molar-refractivity contribution in [1.82, 2.24) is 19.8 Å². The van der Waals surface area contributed by atoms with Crippen LogP contribution in [0.3, 0.4) is 0 Å². The van der Waals surface area contributed by atoms with E-state index in [0.717, 1.165) is 44.8 Å². The molecule has 4 aromatic rings. The molecule has 240 valence electrons. The van der Waals surface area contributed by atoms with Crippen LogP contribution < -0.4 is 9.47 Å². The summed E-state index contributed by atoms with van der Waals surface area (Å²) in [6, 6.07) is 13.6. The summed E-state index contributed by atoms with van der Waals surface area (Å²) in [5, 5.41) is 0. The third-order valence-electron chi connectivity index (χ3n) is 8.31. The summed E-state index contributed by atoms with van der Waals surface area (Å²) in [5.74, 6) is 0.321. The van der Waals surface area contributed by atoms with Gasteiger partial charge in [0.15, 0.2) is 11.5 Å². The molecule has 45 heavy (non-hydrogen) atoms. The van der Waals surface area contributed by atoms with E-state index in [4.69, 9.17) is 19.2 Å². The lowest BCUT2D eigenvalue weighted by Crippen LogP contribution is -2.38. The topological polar surface area (TPSA) is 100 Å². The van der Waals surface area contributed by atoms with Crippen molar-refractivity contribution >= 4 is 21.6 Å². The minimum absolute atomic E-state index is 0.0420. The maximum Gasteiger partial charge on any atom is 0.161 e. The highest BCUT2D eigenvalue weighted by Crippen LogP contribution is 2.41. The van der Waals surface area contributed by atoms with Gasteiger partial charge in [0.05, 0.1) is 61.4 Å². The summed E-state index contributed by atoms with van der Waals surface area (Å²) in [5.41, 5.74) is 3.34. The Bertz CT molecular complexity index is 1620. The number of hydrogen-bond donors (Lipinski definition) is 2. The van der Waals surface area contributed by atoms with Crippen LogP contribution in [0.1, 0.15) is 12.0 Å². The third-order valence-corrected chi connectivity index (χ3v) is 9.99. The fourth-order valence-electron chi connectivity index (χ4n) is 5.70. The molecule has 0 saturated carbocycles. The van der Waals surface area contributed by atoms with Gasteiger partial charge in [-0.25, -0.2) is 13.8 Å². The van der Waals surface area contributed by atoms with Crippen molar-refractivity contribution in [3.63, 3.8) is 0 Å². The normalized spacial score (nSPS) is 18.2. The highest BCUT2D eigenvalue weighted by molar-refractivity contribution is 8.24. The predicted molar refractivity (Wildman–Crippen MR) is 172 cm³/mol. The van der Waals surface area contributed by atoms with Gasteiger partial charge in [-0.3, -0.25) is 23.9 Å². The predicted octanol–water partition coefficient (Wildman–Crippen LogP) is 5.92. The lowest BCUT2D eigenvalue weighted by Gasteiger charge is -2.41. The standard InChI is InChI=1S/C33H38F2N4O5S/c1-42-32-20-23(6-7-31(32)44-13-3-8-38-9-14-43-15-10-38)30-21-36-29-5-2-4-25(33(29)37-30)24-18-27(34)26(28(35)19-24)22-39-11-16-45(40,41)17-12-39/h2,4-7,18-21,40-41H,3,8-17,22H2,1H3. The van der Waals surface area contributed by atoms with Crippen LogP contribution in [-0.4, -0.2) is 100 Å². The van der Waals surface area contributed by atoms with Crippen LogP contribution in [0.4, 0.5) is 8.78 Å². The number of para-hydroxylation sites is 1. The molecule has 3 aromatic carbocycles. The molecule has 2 aliphatic heterocycles. The van der Waals surface area contributed by atoms with Gasteiger partial charge in [-0.15, -0.1) is 0 Å². The maximum atomic E-state index is 15.3. The fraction of sp³-hybridized carbons (Fsp3) is 0.394. The van der Waals surface area contributed by atoms with E-state index in [9.17, 15) is 9.11 Å². The van der Waals surface area contributed by atoms with Gasteiger partial charge in [-0.1, -0.05) is 12.1 Å². The number of morpholine rings is 1. The molecule has 2 fully saturated rings. The van der Waals surface area contributed by atoms with Crippen molar-refractivity contribution < 1.29 is 32.1 Å². The molecule has 1 aromatic heterocycles. The number of hydrogen-bond acceptors (Lipinski definition) is 9. The first-order chi connectivity index (χ1) is 21.8. The molecule has 0 atom stereocenters. The first-order valence-corrected chi connectivity index (χ1v) is 17.0. The molecule has 0 bridgehead atoms. The van der Waals surface area contributed by atoms with Crippen LogP contribution in [0.5, 0.6) is 11.5 Å². The molecule has 9 nitrogen and oxygen atoms in total. The van der Waals surface area contributed by atoms with E-state index in [1.165, 1.54) is 12.1 Å². The monoisotopic (exact) mass is 640 g/mol. The number of fused-ring (bicyclic) bond motifs is 1. The van der Waals surface area contributed by atoms with Gasteiger partial charge in [-0.2, -0.15) is 10.6 Å². The van der Waals surface area contributed by atoms with Crippen molar-refractivity contribution in [1.29, 1.82) is 0 Å². The van der Waals surface area contributed by atoms with E-state index >= 15 is 8.78 Å². The lowest BCUT2D eigenvalue weighted by atomic mass is 10.0. The Labute approximate surface area is 263 Å². The Morgan fingerprint density at radius 1 is 0.911 bits per heavy atom. The highest BCUT2D eigenvalue weighted by atomic mass is 32.3. The fourth-order valence-corrected chi connectivity index (χ4v) is 7.01. The summed E-state index contributed by atoms with van der Waals surface area (Å²) >= 11 is 0. The molecular formula is C33H38F2N4O5S. The Morgan fingerprint density at radius 3 is 2.40 bits per heavy atom. The summed E-state index contributed by atoms with van der Waals surface area (Å²) < 4.78 is 67.5. The second kappa shape index (κ2) is 13.9. The highest BCUT2D eigenvalue weighted by Gasteiger charge is 2.24. The minimum atomic E-state index is -2.59. The van der Waals surface area contributed by atoms with Gasteiger partial charge >= 0.3 is 0 Å². The zero-order chi connectivity index (χ0) is 31.4. The maximum absolute atomic E-state index is 15.3. The Balaban J connectivity index is 1.20. The number of nitrogens with zero attached hydrogens (tertiary/aromatic N) is 4. The molecule has 12 heteroatoms. The molecule has 0 aliphatic carbocycles. The van der Waals surface area contributed by atoms with E-state index in [2.05, 4.69) is 9.88 Å². The smallest absolute Gasteiger partial charge is 0.161 e. The molecule has 0 amide bonds. The number of rotatable bonds is 10. The van der Waals surface area contributed by atoms with Crippen molar-refractivity contribution in [2.24, 2.45) is 0 Å². The first-order valence-electron chi connectivity index (χ1n) is 15.1. The van der Waals surface area contributed by atoms with E-state index in [0.29, 0.717) is 59.0 Å².